The Labute approximate surface area is 503 Å². The molecule has 0 spiro atoms. The maximum absolute atomic E-state index is 13.0. The SMILES string of the molecule is CC/C=C\C/C=C\C/C=C\C/C=C\C/C=C\C/C=C\C/C=C\CCCCCC(=O)OCC(COC(=O)CCCCCCCCCCCCCCCC)OC(=O)CCCCCCCCCCCCCCCCCCCCCCCCCC. The molecule has 0 amide bonds. The van der Waals surface area contributed by atoms with Crippen LogP contribution in [0.2, 0.25) is 0 Å². The molecular weight excluding hydrogens is 997 g/mol. The summed E-state index contributed by atoms with van der Waals surface area (Å²) in [6.07, 6.45) is 91.8. The monoisotopic (exact) mass is 1130 g/mol. The van der Waals surface area contributed by atoms with Crippen molar-refractivity contribution in [2.75, 3.05) is 13.2 Å². The van der Waals surface area contributed by atoms with Crippen LogP contribution < -0.4 is 0 Å². The van der Waals surface area contributed by atoms with E-state index in [1.54, 1.807) is 0 Å². The van der Waals surface area contributed by atoms with Crippen LogP contribution in [0.4, 0.5) is 0 Å². The summed E-state index contributed by atoms with van der Waals surface area (Å²) in [5, 5.41) is 0. The Morgan fingerprint density at radius 2 is 0.481 bits per heavy atom. The highest BCUT2D eigenvalue weighted by atomic mass is 16.6. The van der Waals surface area contributed by atoms with Crippen molar-refractivity contribution in [2.45, 2.75) is 361 Å². The predicted octanol–water partition coefficient (Wildman–Crippen LogP) is 24.2. The number of hydrogen-bond acceptors (Lipinski definition) is 6. The van der Waals surface area contributed by atoms with Crippen LogP contribution >= 0.6 is 0 Å². The van der Waals surface area contributed by atoms with Crippen LogP contribution in [0.5, 0.6) is 0 Å². The number of rotatable bonds is 64. The highest BCUT2D eigenvalue weighted by molar-refractivity contribution is 5.71. The van der Waals surface area contributed by atoms with Gasteiger partial charge in [-0.1, -0.05) is 343 Å². The minimum atomic E-state index is -0.789. The van der Waals surface area contributed by atoms with Crippen LogP contribution in [0.1, 0.15) is 355 Å². The molecule has 0 heterocycles. The van der Waals surface area contributed by atoms with Gasteiger partial charge in [0.05, 0.1) is 0 Å². The average molecular weight is 1130 g/mol. The van der Waals surface area contributed by atoms with Gasteiger partial charge >= 0.3 is 17.9 Å². The number of ether oxygens (including phenoxy) is 3. The lowest BCUT2D eigenvalue weighted by Gasteiger charge is -2.18. The zero-order valence-electron chi connectivity index (χ0n) is 53.8. The van der Waals surface area contributed by atoms with Crippen molar-refractivity contribution in [3.63, 3.8) is 0 Å². The molecule has 0 bridgehead atoms. The normalized spacial score (nSPS) is 12.6. The minimum Gasteiger partial charge on any atom is -0.462 e. The second-order valence-electron chi connectivity index (χ2n) is 23.4. The van der Waals surface area contributed by atoms with Crippen LogP contribution in [0.25, 0.3) is 0 Å². The van der Waals surface area contributed by atoms with Gasteiger partial charge in [-0.15, -0.1) is 0 Å². The highest BCUT2D eigenvalue weighted by Crippen LogP contribution is 2.18. The van der Waals surface area contributed by atoms with E-state index in [4.69, 9.17) is 14.2 Å². The third kappa shape index (κ3) is 67.3. The Morgan fingerprint density at radius 1 is 0.259 bits per heavy atom. The molecule has 81 heavy (non-hydrogen) atoms. The van der Waals surface area contributed by atoms with Gasteiger partial charge < -0.3 is 14.2 Å². The summed E-state index contributed by atoms with van der Waals surface area (Å²) in [5.74, 6) is -0.896. The van der Waals surface area contributed by atoms with E-state index in [0.717, 1.165) is 109 Å². The van der Waals surface area contributed by atoms with E-state index in [-0.39, 0.29) is 31.1 Å². The molecule has 0 aromatic carbocycles. The fraction of sp³-hybridized carbons (Fsp3) is 0.773. The lowest BCUT2D eigenvalue weighted by atomic mass is 10.0. The predicted molar refractivity (Wildman–Crippen MR) is 353 cm³/mol. The topological polar surface area (TPSA) is 78.9 Å². The van der Waals surface area contributed by atoms with Crippen molar-refractivity contribution >= 4 is 17.9 Å². The van der Waals surface area contributed by atoms with Crippen LogP contribution in [0.15, 0.2) is 85.1 Å². The maximum atomic E-state index is 13.0. The lowest BCUT2D eigenvalue weighted by Crippen LogP contribution is -2.30. The van der Waals surface area contributed by atoms with Gasteiger partial charge in [0.25, 0.3) is 0 Å². The maximum Gasteiger partial charge on any atom is 0.306 e. The lowest BCUT2D eigenvalue weighted by molar-refractivity contribution is -0.167. The molecule has 0 N–H and O–H groups in total. The third-order valence-corrected chi connectivity index (χ3v) is 15.4. The zero-order valence-corrected chi connectivity index (χ0v) is 53.8. The smallest absolute Gasteiger partial charge is 0.306 e. The average Bonchev–Trinajstić information content (AvgIpc) is 3.47. The van der Waals surface area contributed by atoms with Crippen molar-refractivity contribution in [1.82, 2.24) is 0 Å². The molecule has 0 saturated heterocycles. The van der Waals surface area contributed by atoms with E-state index in [0.29, 0.717) is 19.3 Å². The van der Waals surface area contributed by atoms with E-state index >= 15 is 0 Å². The first-order valence-electron chi connectivity index (χ1n) is 35.1. The molecule has 1 unspecified atom stereocenters. The molecule has 0 aromatic rings. The van der Waals surface area contributed by atoms with Gasteiger partial charge in [0.1, 0.15) is 13.2 Å². The largest absolute Gasteiger partial charge is 0.462 e. The molecule has 0 aliphatic rings. The van der Waals surface area contributed by atoms with Gasteiger partial charge in [0.2, 0.25) is 0 Å². The summed E-state index contributed by atoms with van der Waals surface area (Å²) >= 11 is 0. The summed E-state index contributed by atoms with van der Waals surface area (Å²) in [4.78, 5) is 38.4. The van der Waals surface area contributed by atoms with Gasteiger partial charge in [0.15, 0.2) is 6.10 Å². The van der Waals surface area contributed by atoms with E-state index in [2.05, 4.69) is 106 Å². The Balaban J connectivity index is 4.36. The molecule has 0 aromatic heterocycles. The molecule has 468 valence electrons. The van der Waals surface area contributed by atoms with E-state index in [1.807, 2.05) is 0 Å². The Hall–Kier alpha value is -3.41. The standard InChI is InChI=1S/C75H132O6/c1-4-7-10-13-16-19-22-25-28-30-32-34-36-38-40-41-43-45-47-50-53-56-59-62-65-68-74(77)80-71-72(70-79-73(76)67-64-61-58-55-52-49-27-24-21-18-15-12-9-6-3)81-75(78)69-66-63-60-57-54-51-48-46-44-42-39-37-35-33-31-29-26-23-20-17-14-11-8-5-2/h7,10,16,19,25,28,32,34,38,40,43,45,50,53,72H,4-6,8-9,11-15,17-18,20-24,26-27,29-31,33,35-37,39,41-42,44,46-49,51-52,54-71H2,1-3H3/b10-7-,19-16-,28-25-,34-32-,40-38-,45-43-,53-50-. The second-order valence-corrected chi connectivity index (χ2v) is 23.4. The Kier molecular flexibility index (Phi) is 66.2. The van der Waals surface area contributed by atoms with Crippen LogP contribution in [0, 0.1) is 0 Å². The first-order valence-corrected chi connectivity index (χ1v) is 35.1. The quantitative estimate of drug-likeness (QED) is 0.0261. The van der Waals surface area contributed by atoms with Crippen molar-refractivity contribution in [1.29, 1.82) is 0 Å². The van der Waals surface area contributed by atoms with Gasteiger partial charge in [-0.25, -0.2) is 0 Å². The van der Waals surface area contributed by atoms with Crippen molar-refractivity contribution in [3.05, 3.63) is 85.1 Å². The molecule has 0 saturated carbocycles. The Bertz CT molecular complexity index is 1530. The van der Waals surface area contributed by atoms with Gasteiger partial charge in [0, 0.05) is 19.3 Å². The van der Waals surface area contributed by atoms with Gasteiger partial charge in [-0.3, -0.25) is 14.4 Å². The summed E-state index contributed by atoms with van der Waals surface area (Å²) in [7, 11) is 0. The fourth-order valence-electron chi connectivity index (χ4n) is 10.2. The number of unbranched alkanes of at least 4 members (excludes halogenated alkanes) is 39. The van der Waals surface area contributed by atoms with Crippen LogP contribution in [-0.4, -0.2) is 37.2 Å². The number of carbonyl (C=O) groups is 3. The first kappa shape index (κ1) is 77.6. The van der Waals surface area contributed by atoms with Crippen LogP contribution in [0.3, 0.4) is 0 Å². The van der Waals surface area contributed by atoms with Gasteiger partial charge in [-0.05, 0) is 77.0 Å². The molecule has 0 rings (SSSR count). The molecule has 0 fully saturated rings. The third-order valence-electron chi connectivity index (χ3n) is 15.4. The van der Waals surface area contributed by atoms with E-state index in [9.17, 15) is 14.4 Å². The summed E-state index contributed by atoms with van der Waals surface area (Å²) in [5.41, 5.74) is 0. The van der Waals surface area contributed by atoms with E-state index < -0.39 is 6.10 Å². The number of allylic oxidation sites excluding steroid dienone is 14. The van der Waals surface area contributed by atoms with Crippen molar-refractivity contribution < 1.29 is 28.6 Å². The van der Waals surface area contributed by atoms with E-state index in [1.165, 1.54) is 205 Å². The molecule has 6 heteroatoms. The summed E-state index contributed by atoms with van der Waals surface area (Å²) < 4.78 is 17.0. The Morgan fingerprint density at radius 3 is 0.753 bits per heavy atom. The number of carbonyl (C=O) groups excluding carboxylic acids is 3. The molecule has 6 nitrogen and oxygen atoms in total. The fourth-order valence-corrected chi connectivity index (χ4v) is 10.2. The van der Waals surface area contributed by atoms with Crippen molar-refractivity contribution in [2.24, 2.45) is 0 Å². The minimum absolute atomic E-state index is 0.0825. The number of hydrogen-bond donors (Lipinski definition) is 0. The zero-order chi connectivity index (χ0) is 58.5. The molecule has 0 aliphatic carbocycles. The highest BCUT2D eigenvalue weighted by Gasteiger charge is 2.19. The summed E-state index contributed by atoms with van der Waals surface area (Å²) in [6, 6.07) is 0. The van der Waals surface area contributed by atoms with Crippen molar-refractivity contribution in [3.8, 4) is 0 Å². The first-order chi connectivity index (χ1) is 40.0. The molecule has 0 radical (unpaired) electrons. The molecule has 1 atom stereocenters. The summed E-state index contributed by atoms with van der Waals surface area (Å²) in [6.45, 7) is 6.56. The molecular formula is C75H132O6. The van der Waals surface area contributed by atoms with Crippen LogP contribution in [-0.2, 0) is 28.6 Å². The number of esters is 3. The van der Waals surface area contributed by atoms with Gasteiger partial charge in [-0.2, -0.15) is 0 Å². The second kappa shape index (κ2) is 69.1. The molecule has 0 aliphatic heterocycles.